The number of anilines is 1. The average Bonchev–Trinajstić information content (AvgIpc) is 2.70. The Labute approximate surface area is 176 Å². The molecule has 2 aromatic rings. The average molecular weight is 435 g/mol. The number of aryl methyl sites for hydroxylation is 2. The van der Waals surface area contributed by atoms with Crippen LogP contribution in [0.15, 0.2) is 47.4 Å². The summed E-state index contributed by atoms with van der Waals surface area (Å²) < 4.78 is 32.1. The summed E-state index contributed by atoms with van der Waals surface area (Å²) >= 11 is 0. The summed E-state index contributed by atoms with van der Waals surface area (Å²) in [5.74, 6) is -0.267. The molecule has 0 aliphatic rings. The first-order valence-electron chi connectivity index (χ1n) is 9.24. The number of methoxy groups -OCH3 is 1. The van der Waals surface area contributed by atoms with Gasteiger partial charge in [-0.15, -0.1) is 0 Å². The molecule has 0 saturated carbocycles. The fraction of sp³-hybridized carbons (Fsp3) is 0.300. The van der Waals surface area contributed by atoms with Gasteiger partial charge in [-0.05, 0) is 49.7 Å². The van der Waals surface area contributed by atoms with E-state index in [2.05, 4.69) is 20.9 Å². The Morgan fingerprint density at radius 1 is 0.967 bits per heavy atom. The molecule has 0 aliphatic heterocycles. The highest BCUT2D eigenvalue weighted by Crippen LogP contribution is 2.16. The summed E-state index contributed by atoms with van der Waals surface area (Å²) in [6.07, 6.45) is -0.129. The van der Waals surface area contributed by atoms with Gasteiger partial charge in [0.05, 0.1) is 18.6 Å². The third-order valence-corrected chi connectivity index (χ3v) is 5.77. The summed E-state index contributed by atoms with van der Waals surface area (Å²) in [5.41, 5.74) is 6.83. The maximum absolute atomic E-state index is 12.3. The molecule has 9 nitrogen and oxygen atoms in total. The van der Waals surface area contributed by atoms with Gasteiger partial charge in [0.25, 0.3) is 5.91 Å². The molecule has 10 heteroatoms. The van der Waals surface area contributed by atoms with Crippen LogP contribution in [0.5, 0.6) is 5.75 Å². The Bertz CT molecular complexity index is 991. The number of ether oxygens (including phenoxy) is 1. The van der Waals surface area contributed by atoms with E-state index < -0.39 is 21.8 Å². The molecule has 0 atom stereocenters. The molecule has 0 bridgehead atoms. The van der Waals surface area contributed by atoms with Gasteiger partial charge in [0.15, 0.2) is 0 Å². The van der Waals surface area contributed by atoms with Crippen molar-refractivity contribution < 1.29 is 22.7 Å². The summed E-state index contributed by atoms with van der Waals surface area (Å²) in [5, 5.41) is 2.90. The van der Waals surface area contributed by atoms with E-state index in [0.717, 1.165) is 11.3 Å². The summed E-state index contributed by atoms with van der Waals surface area (Å²) in [6.45, 7) is 3.44. The van der Waals surface area contributed by atoms with Crippen molar-refractivity contribution in [2.24, 2.45) is 0 Å². The van der Waals surface area contributed by atoms with Crippen molar-refractivity contribution in [3.8, 4) is 5.75 Å². The van der Waals surface area contributed by atoms with Gasteiger partial charge < -0.3 is 10.1 Å². The van der Waals surface area contributed by atoms with Crippen molar-refractivity contribution in [3.63, 3.8) is 0 Å². The largest absolute Gasteiger partial charge is 0.497 e. The first-order valence-corrected chi connectivity index (χ1v) is 10.7. The van der Waals surface area contributed by atoms with Gasteiger partial charge in [-0.2, -0.15) is 0 Å². The molecule has 0 saturated heterocycles. The van der Waals surface area contributed by atoms with Crippen LogP contribution in [-0.4, -0.2) is 40.4 Å². The number of hydrazine groups is 1. The zero-order chi connectivity index (χ0) is 22.1. The Morgan fingerprint density at radius 3 is 2.27 bits per heavy atom. The summed E-state index contributed by atoms with van der Waals surface area (Å²) in [6, 6.07) is 12.0. The van der Waals surface area contributed by atoms with E-state index in [-0.39, 0.29) is 24.4 Å². The lowest BCUT2D eigenvalue weighted by Crippen LogP contribution is -2.45. The van der Waals surface area contributed by atoms with Crippen LogP contribution in [0.4, 0.5) is 5.69 Å². The first-order chi connectivity index (χ1) is 14.2. The van der Waals surface area contributed by atoms with Crippen LogP contribution in [0.1, 0.15) is 17.5 Å². The van der Waals surface area contributed by atoms with E-state index in [4.69, 9.17) is 4.74 Å². The Morgan fingerprint density at radius 2 is 1.63 bits per heavy atom. The predicted octanol–water partition coefficient (Wildman–Crippen LogP) is 1.24. The number of hydrogen-bond donors (Lipinski definition) is 4. The minimum Gasteiger partial charge on any atom is -0.497 e. The third kappa shape index (κ3) is 7.05. The van der Waals surface area contributed by atoms with Gasteiger partial charge in [0.1, 0.15) is 5.75 Å². The van der Waals surface area contributed by atoms with E-state index in [0.29, 0.717) is 11.3 Å². The quantitative estimate of drug-likeness (QED) is 0.440. The van der Waals surface area contributed by atoms with Gasteiger partial charge in [-0.25, -0.2) is 13.1 Å². The van der Waals surface area contributed by atoms with Crippen LogP contribution in [0, 0.1) is 13.8 Å². The molecule has 0 unspecified atom stereocenters. The molecule has 0 fully saturated rings. The minimum atomic E-state index is -3.72. The number of benzene rings is 2. The molecular weight excluding hydrogens is 408 g/mol. The first kappa shape index (κ1) is 23.2. The molecule has 2 aromatic carbocycles. The monoisotopic (exact) mass is 434 g/mol. The third-order valence-electron chi connectivity index (χ3n) is 4.15. The molecular formula is C20H26N4O5S. The smallest absolute Gasteiger partial charge is 0.257 e. The normalized spacial score (nSPS) is 10.9. The lowest BCUT2D eigenvalue weighted by atomic mass is 10.2. The van der Waals surface area contributed by atoms with Crippen LogP contribution < -0.4 is 25.6 Å². The summed E-state index contributed by atoms with van der Waals surface area (Å²) in [7, 11) is -2.15. The number of nitrogens with one attached hydrogen (secondary N) is 4. The second-order valence-corrected chi connectivity index (χ2v) is 8.33. The van der Waals surface area contributed by atoms with E-state index in [1.807, 2.05) is 6.92 Å². The van der Waals surface area contributed by atoms with Crippen LogP contribution in [0.25, 0.3) is 0 Å². The van der Waals surface area contributed by atoms with Crippen molar-refractivity contribution >= 4 is 27.5 Å². The van der Waals surface area contributed by atoms with E-state index >= 15 is 0 Å². The van der Waals surface area contributed by atoms with E-state index in [1.165, 1.54) is 6.07 Å². The maximum atomic E-state index is 12.3. The molecule has 0 radical (unpaired) electrons. The highest BCUT2D eigenvalue weighted by atomic mass is 32.2. The second kappa shape index (κ2) is 10.6. The number of carbonyl (C=O) groups excluding carboxylic acids is 2. The van der Waals surface area contributed by atoms with Gasteiger partial charge in [0.2, 0.25) is 15.9 Å². The molecule has 162 valence electrons. The second-order valence-electron chi connectivity index (χ2n) is 6.60. The van der Waals surface area contributed by atoms with Gasteiger partial charge in [0, 0.05) is 18.7 Å². The fourth-order valence-corrected chi connectivity index (χ4v) is 3.87. The maximum Gasteiger partial charge on any atom is 0.257 e. The Hall–Kier alpha value is -3.11. The molecule has 0 aromatic heterocycles. The molecule has 2 amide bonds. The molecule has 0 heterocycles. The zero-order valence-electron chi connectivity index (χ0n) is 17.1. The number of hydrogen-bond acceptors (Lipinski definition) is 6. The lowest BCUT2D eigenvalue weighted by Gasteiger charge is -2.11. The van der Waals surface area contributed by atoms with Crippen LogP contribution >= 0.6 is 0 Å². The SMILES string of the molecule is COc1ccc(NCC(=O)NNC(=O)CCNS(=O)(=O)c2ccc(C)cc2C)cc1. The van der Waals surface area contributed by atoms with Gasteiger partial charge in [-0.3, -0.25) is 20.4 Å². The molecule has 4 N–H and O–H groups in total. The number of carbonyl (C=O) groups is 2. The minimum absolute atomic E-state index is 0.0497. The van der Waals surface area contributed by atoms with E-state index in [9.17, 15) is 18.0 Å². The number of rotatable bonds is 9. The highest BCUT2D eigenvalue weighted by Gasteiger charge is 2.16. The lowest BCUT2D eigenvalue weighted by molar-refractivity contribution is -0.127. The van der Waals surface area contributed by atoms with Gasteiger partial charge in [-0.1, -0.05) is 17.7 Å². The Kier molecular flexibility index (Phi) is 8.19. The van der Waals surface area contributed by atoms with Crippen molar-refractivity contribution in [2.45, 2.75) is 25.2 Å². The highest BCUT2D eigenvalue weighted by molar-refractivity contribution is 7.89. The topological polar surface area (TPSA) is 126 Å². The van der Waals surface area contributed by atoms with E-state index in [1.54, 1.807) is 50.4 Å². The molecule has 0 aliphatic carbocycles. The summed E-state index contributed by atoms with van der Waals surface area (Å²) in [4.78, 5) is 23.8. The number of amides is 2. The van der Waals surface area contributed by atoms with Crippen LogP contribution in [0.2, 0.25) is 0 Å². The van der Waals surface area contributed by atoms with Crippen LogP contribution in [0.3, 0.4) is 0 Å². The standard InChI is InChI=1S/C20H26N4O5S/c1-14-4-9-18(15(2)12-14)30(27,28)22-11-10-19(25)23-24-20(26)13-21-16-5-7-17(29-3)8-6-16/h4-9,12,21-22H,10-11,13H2,1-3H3,(H,23,25)(H,24,26). The zero-order valence-corrected chi connectivity index (χ0v) is 17.9. The fourth-order valence-electron chi connectivity index (χ4n) is 2.61. The van der Waals surface area contributed by atoms with Crippen molar-refractivity contribution in [1.82, 2.24) is 15.6 Å². The Balaban J connectivity index is 1.70. The van der Waals surface area contributed by atoms with Crippen molar-refractivity contribution in [3.05, 3.63) is 53.6 Å². The number of sulfonamides is 1. The van der Waals surface area contributed by atoms with Crippen molar-refractivity contribution in [2.75, 3.05) is 25.5 Å². The van der Waals surface area contributed by atoms with Crippen molar-refractivity contribution in [1.29, 1.82) is 0 Å². The molecule has 2 rings (SSSR count). The predicted molar refractivity (Wildman–Crippen MR) is 113 cm³/mol. The molecule has 0 spiro atoms. The molecule has 30 heavy (non-hydrogen) atoms. The van der Waals surface area contributed by atoms with Crippen LogP contribution in [-0.2, 0) is 19.6 Å². The van der Waals surface area contributed by atoms with Gasteiger partial charge >= 0.3 is 0 Å².